The number of benzene rings is 1. The molecule has 1 aliphatic rings. The van der Waals surface area contributed by atoms with Gasteiger partial charge in [-0.2, -0.15) is 0 Å². The van der Waals surface area contributed by atoms with Gasteiger partial charge in [-0.25, -0.2) is 9.78 Å². The van der Waals surface area contributed by atoms with Gasteiger partial charge >= 0.3 is 6.03 Å². The summed E-state index contributed by atoms with van der Waals surface area (Å²) in [7, 11) is 0. The van der Waals surface area contributed by atoms with Gasteiger partial charge in [-0.1, -0.05) is 12.1 Å². The van der Waals surface area contributed by atoms with Crippen LogP contribution in [-0.4, -0.2) is 39.9 Å². The fraction of sp³-hybridized carbons (Fsp3) is 0.304. The van der Waals surface area contributed by atoms with E-state index in [-0.39, 0.29) is 17.9 Å². The van der Waals surface area contributed by atoms with Gasteiger partial charge in [0.15, 0.2) is 0 Å². The summed E-state index contributed by atoms with van der Waals surface area (Å²) in [6.45, 7) is 3.45. The van der Waals surface area contributed by atoms with E-state index in [1.807, 2.05) is 48.7 Å². The van der Waals surface area contributed by atoms with E-state index in [4.69, 9.17) is 0 Å². The molecule has 3 heterocycles. The number of urea groups is 1. The van der Waals surface area contributed by atoms with Gasteiger partial charge in [0, 0.05) is 42.1 Å². The molecule has 4 rings (SSSR count). The fourth-order valence-corrected chi connectivity index (χ4v) is 4.40. The second-order valence-corrected chi connectivity index (χ2v) is 8.61. The number of nitrogens with zero attached hydrogens (tertiary/aromatic N) is 3. The first-order valence-electron chi connectivity index (χ1n) is 10.3. The van der Waals surface area contributed by atoms with Crippen LogP contribution in [-0.2, 0) is 11.3 Å². The average Bonchev–Trinajstić information content (AvgIpc) is 3.27. The molecule has 1 saturated heterocycles. The maximum atomic E-state index is 12.7. The molecule has 2 N–H and O–H groups in total. The van der Waals surface area contributed by atoms with Gasteiger partial charge in [-0.3, -0.25) is 9.78 Å². The zero-order valence-electron chi connectivity index (χ0n) is 17.4. The number of piperidine rings is 1. The molecule has 3 amide bonds. The minimum atomic E-state index is -0.211. The summed E-state index contributed by atoms with van der Waals surface area (Å²) in [5.41, 5.74) is 3.74. The first-order chi connectivity index (χ1) is 15.1. The lowest BCUT2D eigenvalue weighted by molar-refractivity contribution is -0.126. The number of rotatable bonds is 5. The molecule has 3 aromatic rings. The quantitative estimate of drug-likeness (QED) is 0.632. The summed E-state index contributed by atoms with van der Waals surface area (Å²) in [5, 5.41) is 8.75. The van der Waals surface area contributed by atoms with Gasteiger partial charge in [-0.15, -0.1) is 11.3 Å². The van der Waals surface area contributed by atoms with Crippen molar-refractivity contribution in [2.45, 2.75) is 26.3 Å². The van der Waals surface area contributed by atoms with Crippen LogP contribution < -0.4 is 10.6 Å². The van der Waals surface area contributed by atoms with E-state index in [1.165, 1.54) is 11.3 Å². The molecule has 31 heavy (non-hydrogen) atoms. The summed E-state index contributed by atoms with van der Waals surface area (Å²) in [6, 6.07) is 11.4. The molecular weight excluding hydrogens is 410 g/mol. The molecule has 1 aromatic carbocycles. The van der Waals surface area contributed by atoms with Crippen LogP contribution in [0.25, 0.3) is 11.3 Å². The monoisotopic (exact) mass is 435 g/mol. The average molecular weight is 436 g/mol. The van der Waals surface area contributed by atoms with Gasteiger partial charge in [0.05, 0.1) is 18.2 Å². The van der Waals surface area contributed by atoms with Gasteiger partial charge in [-0.05, 0) is 49.6 Å². The zero-order chi connectivity index (χ0) is 21.6. The lowest BCUT2D eigenvalue weighted by atomic mass is 9.97. The van der Waals surface area contributed by atoms with E-state index >= 15 is 0 Å². The minimum absolute atomic E-state index is 0.0336. The SMILES string of the molecule is Cc1cccc(NC(=O)N2CCCC(C(=O)NCc3nc(-c4ccncc4)cs3)C2)c1. The number of amides is 3. The van der Waals surface area contributed by atoms with Crippen molar-refractivity contribution in [1.82, 2.24) is 20.2 Å². The summed E-state index contributed by atoms with van der Waals surface area (Å²) < 4.78 is 0. The van der Waals surface area contributed by atoms with E-state index < -0.39 is 0 Å². The first-order valence-corrected chi connectivity index (χ1v) is 11.2. The second kappa shape index (κ2) is 9.70. The Bertz CT molecular complexity index is 1050. The van der Waals surface area contributed by atoms with Crippen molar-refractivity contribution in [1.29, 1.82) is 0 Å². The number of aryl methyl sites for hydroxylation is 1. The number of pyridine rings is 1. The standard InChI is InChI=1S/C23H25N5O2S/c1-16-4-2-6-19(12-16)26-23(30)28-11-3-5-18(14-28)22(29)25-13-21-27-20(15-31-21)17-7-9-24-10-8-17/h2,4,6-10,12,15,18H,3,5,11,13-14H2,1H3,(H,25,29)(H,26,30). The van der Waals surface area contributed by atoms with Crippen molar-refractivity contribution in [3.8, 4) is 11.3 Å². The molecule has 1 aliphatic heterocycles. The normalized spacial score (nSPS) is 16.0. The molecule has 8 heteroatoms. The predicted molar refractivity (Wildman–Crippen MR) is 122 cm³/mol. The van der Waals surface area contributed by atoms with Gasteiger partial charge < -0.3 is 15.5 Å². The Balaban J connectivity index is 1.30. The second-order valence-electron chi connectivity index (χ2n) is 7.66. The van der Waals surface area contributed by atoms with Crippen molar-refractivity contribution < 1.29 is 9.59 Å². The molecule has 0 bridgehead atoms. The van der Waals surface area contributed by atoms with Crippen molar-refractivity contribution in [3.63, 3.8) is 0 Å². The molecule has 160 valence electrons. The van der Waals surface area contributed by atoms with Crippen LogP contribution in [0.1, 0.15) is 23.4 Å². The summed E-state index contributed by atoms with van der Waals surface area (Å²) in [6.07, 6.45) is 5.06. The smallest absolute Gasteiger partial charge is 0.321 e. The van der Waals surface area contributed by atoms with Crippen LogP contribution in [0.2, 0.25) is 0 Å². The molecule has 0 radical (unpaired) electrons. The maximum Gasteiger partial charge on any atom is 0.321 e. The van der Waals surface area contributed by atoms with Gasteiger partial charge in [0.1, 0.15) is 5.01 Å². The first kappa shape index (κ1) is 21.0. The van der Waals surface area contributed by atoms with Crippen molar-refractivity contribution >= 4 is 29.0 Å². The molecule has 1 unspecified atom stereocenters. The van der Waals surface area contributed by atoms with E-state index in [1.54, 1.807) is 17.3 Å². The molecule has 0 aliphatic carbocycles. The number of thiazole rings is 1. The van der Waals surface area contributed by atoms with E-state index in [0.29, 0.717) is 19.6 Å². The third-order valence-corrected chi connectivity index (χ3v) is 6.14. The largest absolute Gasteiger partial charge is 0.349 e. The van der Waals surface area contributed by atoms with Crippen LogP contribution in [0.4, 0.5) is 10.5 Å². The number of hydrogen-bond acceptors (Lipinski definition) is 5. The highest BCUT2D eigenvalue weighted by Gasteiger charge is 2.28. The van der Waals surface area contributed by atoms with Crippen molar-refractivity contribution in [2.24, 2.45) is 5.92 Å². The molecular formula is C23H25N5O2S. The molecule has 0 saturated carbocycles. The van der Waals surface area contributed by atoms with Crippen molar-refractivity contribution in [2.75, 3.05) is 18.4 Å². The Labute approximate surface area is 185 Å². The Morgan fingerprint density at radius 3 is 2.87 bits per heavy atom. The predicted octanol–water partition coefficient (Wildman–Crippen LogP) is 4.07. The minimum Gasteiger partial charge on any atom is -0.349 e. The van der Waals surface area contributed by atoms with Gasteiger partial charge in [0.2, 0.25) is 5.91 Å². The van der Waals surface area contributed by atoms with E-state index in [0.717, 1.165) is 40.4 Å². The number of hydrogen-bond donors (Lipinski definition) is 2. The molecule has 7 nitrogen and oxygen atoms in total. The molecule has 2 aromatic heterocycles. The number of nitrogens with one attached hydrogen (secondary N) is 2. The Hall–Kier alpha value is -3.26. The van der Waals surface area contributed by atoms with E-state index in [2.05, 4.69) is 20.6 Å². The highest BCUT2D eigenvalue weighted by molar-refractivity contribution is 7.09. The van der Waals surface area contributed by atoms with Crippen LogP contribution >= 0.6 is 11.3 Å². The third-order valence-electron chi connectivity index (χ3n) is 5.29. The highest BCUT2D eigenvalue weighted by atomic mass is 32.1. The highest BCUT2D eigenvalue weighted by Crippen LogP contribution is 2.22. The molecule has 0 spiro atoms. The lowest BCUT2D eigenvalue weighted by Gasteiger charge is -2.32. The van der Waals surface area contributed by atoms with Crippen molar-refractivity contribution in [3.05, 3.63) is 64.7 Å². The summed E-state index contributed by atoms with van der Waals surface area (Å²) in [4.78, 5) is 35.7. The maximum absolute atomic E-state index is 12.7. The lowest BCUT2D eigenvalue weighted by Crippen LogP contribution is -2.46. The Kier molecular flexibility index (Phi) is 6.57. The van der Waals surface area contributed by atoms with Crippen LogP contribution in [0, 0.1) is 12.8 Å². The summed E-state index contributed by atoms with van der Waals surface area (Å²) >= 11 is 1.52. The summed E-state index contributed by atoms with van der Waals surface area (Å²) in [5.74, 6) is -0.245. The van der Waals surface area contributed by atoms with Gasteiger partial charge in [0.25, 0.3) is 0 Å². The fourth-order valence-electron chi connectivity index (χ4n) is 3.66. The van der Waals surface area contributed by atoms with E-state index in [9.17, 15) is 9.59 Å². The van der Waals surface area contributed by atoms with Crippen LogP contribution in [0.5, 0.6) is 0 Å². The number of likely N-dealkylation sites (tertiary alicyclic amines) is 1. The number of carbonyl (C=O) groups excluding carboxylic acids is 2. The third kappa shape index (κ3) is 5.46. The number of anilines is 1. The molecule has 1 fully saturated rings. The Morgan fingerprint density at radius 1 is 1.23 bits per heavy atom. The Morgan fingerprint density at radius 2 is 2.06 bits per heavy atom. The number of aromatic nitrogens is 2. The van der Waals surface area contributed by atoms with Crippen LogP contribution in [0.3, 0.4) is 0 Å². The van der Waals surface area contributed by atoms with Crippen LogP contribution in [0.15, 0.2) is 54.2 Å². The number of carbonyl (C=O) groups is 2. The molecule has 1 atom stereocenters. The zero-order valence-corrected chi connectivity index (χ0v) is 18.2. The topological polar surface area (TPSA) is 87.2 Å².